The maximum absolute atomic E-state index is 11.7. The van der Waals surface area contributed by atoms with Crippen molar-refractivity contribution in [2.75, 3.05) is 10.6 Å². The number of aryl methyl sites for hydroxylation is 1. The molecule has 20 heavy (non-hydrogen) atoms. The van der Waals surface area contributed by atoms with Gasteiger partial charge in [0.2, 0.25) is 5.95 Å². The van der Waals surface area contributed by atoms with Gasteiger partial charge in [-0.25, -0.2) is 14.3 Å². The largest absolute Gasteiger partial charge is 0.478 e. The van der Waals surface area contributed by atoms with Crippen molar-refractivity contribution in [3.63, 3.8) is 0 Å². The Morgan fingerprint density at radius 3 is 2.65 bits per heavy atom. The molecule has 2 rings (SSSR count). The minimum Gasteiger partial charge on any atom is -0.478 e. The van der Waals surface area contributed by atoms with Crippen molar-refractivity contribution >= 4 is 35.2 Å². The third-order valence-corrected chi connectivity index (χ3v) is 2.71. The van der Waals surface area contributed by atoms with Crippen molar-refractivity contribution in [2.45, 2.75) is 0 Å². The highest BCUT2D eigenvalue weighted by Gasteiger charge is 2.11. The predicted octanol–water partition coefficient (Wildman–Crippen LogP) is 1.81. The van der Waals surface area contributed by atoms with Crippen molar-refractivity contribution in [3.8, 4) is 0 Å². The molecular weight excluding hydrogens is 286 g/mol. The van der Waals surface area contributed by atoms with E-state index in [2.05, 4.69) is 20.7 Å². The fourth-order valence-electron chi connectivity index (χ4n) is 1.44. The van der Waals surface area contributed by atoms with E-state index in [-0.39, 0.29) is 16.5 Å². The predicted molar refractivity (Wildman–Crippen MR) is 72.1 cm³/mol. The molecule has 0 aliphatic carbocycles. The van der Waals surface area contributed by atoms with Crippen LogP contribution in [0, 0.1) is 0 Å². The van der Waals surface area contributed by atoms with E-state index in [1.165, 1.54) is 29.2 Å². The van der Waals surface area contributed by atoms with E-state index in [4.69, 9.17) is 16.7 Å². The van der Waals surface area contributed by atoms with E-state index < -0.39 is 12.0 Å². The average molecular weight is 296 g/mol. The molecule has 0 aliphatic rings. The summed E-state index contributed by atoms with van der Waals surface area (Å²) < 4.78 is 1.39. The standard InChI is InChI=1S/C11H10ClN5O3/c1-17-10(13-5-14-17)16-11(20)15-6-2-3-7(9(18)19)8(12)4-6/h2-5H,1H3,(H,18,19)(H2,13,14,15,16,20). The second-order valence-corrected chi connectivity index (χ2v) is 4.19. The van der Waals surface area contributed by atoms with Crippen LogP contribution in [0.25, 0.3) is 0 Å². The number of urea groups is 1. The van der Waals surface area contributed by atoms with E-state index in [1.54, 1.807) is 7.05 Å². The van der Waals surface area contributed by atoms with Crippen molar-refractivity contribution in [1.82, 2.24) is 14.8 Å². The molecular formula is C11H10ClN5O3. The molecule has 1 aromatic carbocycles. The summed E-state index contributed by atoms with van der Waals surface area (Å²) in [7, 11) is 1.63. The fraction of sp³-hybridized carbons (Fsp3) is 0.0909. The molecule has 0 bridgehead atoms. The summed E-state index contributed by atoms with van der Waals surface area (Å²) in [6, 6.07) is 3.55. The van der Waals surface area contributed by atoms with Crippen LogP contribution in [-0.4, -0.2) is 31.9 Å². The van der Waals surface area contributed by atoms with Gasteiger partial charge in [-0.3, -0.25) is 5.32 Å². The van der Waals surface area contributed by atoms with Crippen molar-refractivity contribution in [2.24, 2.45) is 7.05 Å². The van der Waals surface area contributed by atoms with Crippen LogP contribution < -0.4 is 10.6 Å². The molecule has 1 aromatic heterocycles. The number of carboxylic acid groups (broad SMARTS) is 1. The van der Waals surface area contributed by atoms with E-state index in [1.807, 2.05) is 0 Å². The number of amides is 2. The molecule has 0 radical (unpaired) electrons. The summed E-state index contributed by atoms with van der Waals surface area (Å²) >= 11 is 5.80. The van der Waals surface area contributed by atoms with Gasteiger partial charge in [-0.05, 0) is 18.2 Å². The molecule has 0 atom stereocenters. The summed E-state index contributed by atoms with van der Waals surface area (Å²) in [5, 5.41) is 17.7. The van der Waals surface area contributed by atoms with Gasteiger partial charge in [0.25, 0.3) is 0 Å². The smallest absolute Gasteiger partial charge is 0.337 e. The summed E-state index contributed by atoms with van der Waals surface area (Å²) in [6.07, 6.45) is 1.30. The van der Waals surface area contributed by atoms with Gasteiger partial charge in [-0.15, -0.1) is 0 Å². The molecule has 1 heterocycles. The summed E-state index contributed by atoms with van der Waals surface area (Å²) in [5.41, 5.74) is 0.325. The first-order chi connectivity index (χ1) is 9.47. The van der Waals surface area contributed by atoms with Crippen LogP contribution in [0.4, 0.5) is 16.4 Å². The first-order valence-corrected chi connectivity index (χ1v) is 5.80. The first-order valence-electron chi connectivity index (χ1n) is 5.42. The second kappa shape index (κ2) is 5.57. The lowest BCUT2D eigenvalue weighted by Crippen LogP contribution is -2.21. The number of nitrogens with zero attached hydrogens (tertiary/aromatic N) is 3. The number of carbonyl (C=O) groups is 2. The molecule has 0 unspecified atom stereocenters. The molecule has 0 fully saturated rings. The Hall–Kier alpha value is -2.61. The Morgan fingerprint density at radius 2 is 2.10 bits per heavy atom. The molecule has 3 N–H and O–H groups in total. The molecule has 104 valence electrons. The molecule has 2 amide bonds. The van der Waals surface area contributed by atoms with Crippen LogP contribution in [-0.2, 0) is 7.05 Å². The van der Waals surface area contributed by atoms with Gasteiger partial charge in [-0.1, -0.05) is 11.6 Å². The average Bonchev–Trinajstić information content (AvgIpc) is 2.74. The van der Waals surface area contributed by atoms with Gasteiger partial charge in [0.15, 0.2) is 0 Å². The number of halogens is 1. The van der Waals surface area contributed by atoms with Crippen molar-refractivity contribution < 1.29 is 14.7 Å². The van der Waals surface area contributed by atoms with Crippen molar-refractivity contribution in [1.29, 1.82) is 0 Å². The van der Waals surface area contributed by atoms with Crippen LogP contribution in [0.15, 0.2) is 24.5 Å². The Balaban J connectivity index is 2.07. The van der Waals surface area contributed by atoms with Crippen LogP contribution in [0.2, 0.25) is 5.02 Å². The maximum Gasteiger partial charge on any atom is 0.337 e. The van der Waals surface area contributed by atoms with E-state index in [9.17, 15) is 9.59 Å². The lowest BCUT2D eigenvalue weighted by molar-refractivity contribution is 0.0697. The molecule has 2 aromatic rings. The van der Waals surface area contributed by atoms with Gasteiger partial charge < -0.3 is 10.4 Å². The van der Waals surface area contributed by atoms with Crippen LogP contribution in [0.1, 0.15) is 10.4 Å². The molecule has 9 heteroatoms. The molecule has 0 saturated carbocycles. The van der Waals surface area contributed by atoms with Gasteiger partial charge in [0.05, 0.1) is 10.6 Å². The SMILES string of the molecule is Cn1ncnc1NC(=O)Nc1ccc(C(=O)O)c(Cl)c1. The van der Waals surface area contributed by atoms with E-state index in [0.29, 0.717) is 5.69 Å². The van der Waals surface area contributed by atoms with Gasteiger partial charge in [-0.2, -0.15) is 10.1 Å². The number of hydrogen-bond acceptors (Lipinski definition) is 4. The zero-order chi connectivity index (χ0) is 14.7. The highest BCUT2D eigenvalue weighted by Crippen LogP contribution is 2.21. The van der Waals surface area contributed by atoms with Gasteiger partial charge in [0, 0.05) is 12.7 Å². The fourth-order valence-corrected chi connectivity index (χ4v) is 1.70. The molecule has 0 aliphatic heterocycles. The summed E-state index contributed by atoms with van der Waals surface area (Å²) in [5.74, 6) is -0.860. The normalized spacial score (nSPS) is 10.1. The number of carboxylic acids is 1. The second-order valence-electron chi connectivity index (χ2n) is 3.79. The third-order valence-electron chi connectivity index (χ3n) is 2.39. The lowest BCUT2D eigenvalue weighted by Gasteiger charge is -2.07. The summed E-state index contributed by atoms with van der Waals surface area (Å²) in [6.45, 7) is 0. The Kier molecular flexibility index (Phi) is 3.85. The highest BCUT2D eigenvalue weighted by atomic mass is 35.5. The molecule has 8 nitrogen and oxygen atoms in total. The number of carbonyl (C=O) groups excluding carboxylic acids is 1. The zero-order valence-electron chi connectivity index (χ0n) is 10.3. The zero-order valence-corrected chi connectivity index (χ0v) is 11.0. The minimum atomic E-state index is -1.13. The number of aromatic nitrogens is 3. The Morgan fingerprint density at radius 1 is 1.35 bits per heavy atom. The number of anilines is 2. The van der Waals surface area contributed by atoms with E-state index in [0.717, 1.165) is 0 Å². The van der Waals surface area contributed by atoms with Crippen LogP contribution in [0.3, 0.4) is 0 Å². The number of nitrogens with one attached hydrogen (secondary N) is 2. The summed E-state index contributed by atoms with van der Waals surface area (Å²) in [4.78, 5) is 26.3. The Bertz CT molecular complexity index is 670. The van der Waals surface area contributed by atoms with Crippen molar-refractivity contribution in [3.05, 3.63) is 35.1 Å². The lowest BCUT2D eigenvalue weighted by atomic mass is 10.2. The number of rotatable bonds is 3. The van der Waals surface area contributed by atoms with Crippen LogP contribution >= 0.6 is 11.6 Å². The Labute approximate surface area is 118 Å². The quantitative estimate of drug-likeness (QED) is 0.800. The number of aromatic carboxylic acids is 1. The van der Waals surface area contributed by atoms with Gasteiger partial charge in [0.1, 0.15) is 6.33 Å². The van der Waals surface area contributed by atoms with Gasteiger partial charge >= 0.3 is 12.0 Å². The number of benzene rings is 1. The van der Waals surface area contributed by atoms with Crippen LogP contribution in [0.5, 0.6) is 0 Å². The molecule has 0 spiro atoms. The molecule has 0 saturated heterocycles. The highest BCUT2D eigenvalue weighted by molar-refractivity contribution is 6.33. The monoisotopic (exact) mass is 295 g/mol. The topological polar surface area (TPSA) is 109 Å². The number of hydrogen-bond donors (Lipinski definition) is 3. The first kappa shape index (κ1) is 13.8. The minimum absolute atomic E-state index is 0.0361. The van der Waals surface area contributed by atoms with E-state index >= 15 is 0 Å². The maximum atomic E-state index is 11.7. The third kappa shape index (κ3) is 3.04.